The Bertz CT molecular complexity index is 520. The van der Waals surface area contributed by atoms with E-state index >= 15 is 0 Å². The average Bonchev–Trinajstić information content (AvgIpc) is 2.29. The SMILES string of the molecule is Cc1ncc(N)cc1C(=O)NC(C)C(=O)NC(C)(C)C. The van der Waals surface area contributed by atoms with Crippen LogP contribution in [0.25, 0.3) is 0 Å². The van der Waals surface area contributed by atoms with Crippen molar-refractivity contribution in [3.8, 4) is 0 Å². The first kappa shape index (κ1) is 15.9. The molecular weight excluding hydrogens is 256 g/mol. The maximum atomic E-state index is 12.1. The number of pyridine rings is 1. The summed E-state index contributed by atoms with van der Waals surface area (Å²) in [6.07, 6.45) is 1.49. The Hall–Kier alpha value is -2.11. The molecular formula is C14H22N4O2. The van der Waals surface area contributed by atoms with Crippen molar-refractivity contribution in [3.05, 3.63) is 23.5 Å². The van der Waals surface area contributed by atoms with Crippen LogP contribution in [0.5, 0.6) is 0 Å². The quantitative estimate of drug-likeness (QED) is 0.768. The summed E-state index contributed by atoms with van der Waals surface area (Å²) in [6.45, 7) is 8.99. The number of carbonyl (C=O) groups is 2. The van der Waals surface area contributed by atoms with Crippen LogP contribution >= 0.6 is 0 Å². The lowest BCUT2D eigenvalue weighted by molar-refractivity contribution is -0.124. The largest absolute Gasteiger partial charge is 0.397 e. The molecule has 6 heteroatoms. The van der Waals surface area contributed by atoms with Gasteiger partial charge in [0.05, 0.1) is 23.1 Å². The maximum absolute atomic E-state index is 12.1. The van der Waals surface area contributed by atoms with Crippen LogP contribution in [0.3, 0.4) is 0 Å². The van der Waals surface area contributed by atoms with E-state index in [1.54, 1.807) is 19.9 Å². The number of rotatable bonds is 3. The van der Waals surface area contributed by atoms with Gasteiger partial charge in [-0.2, -0.15) is 0 Å². The summed E-state index contributed by atoms with van der Waals surface area (Å²) in [6, 6.07) is 0.911. The molecule has 110 valence electrons. The molecule has 1 heterocycles. The molecule has 20 heavy (non-hydrogen) atoms. The standard InChI is InChI=1S/C14H22N4O2/c1-8-11(6-10(15)7-16-8)13(20)17-9(2)12(19)18-14(3,4)5/h6-7,9H,15H2,1-5H3,(H,17,20)(H,18,19). The molecule has 0 spiro atoms. The van der Waals surface area contributed by atoms with Crippen molar-refractivity contribution in [2.24, 2.45) is 0 Å². The highest BCUT2D eigenvalue weighted by Gasteiger charge is 2.21. The van der Waals surface area contributed by atoms with Crippen LogP contribution in [0.1, 0.15) is 43.7 Å². The molecule has 1 rings (SSSR count). The van der Waals surface area contributed by atoms with Gasteiger partial charge in [-0.3, -0.25) is 14.6 Å². The van der Waals surface area contributed by atoms with Gasteiger partial charge in [-0.25, -0.2) is 0 Å². The Labute approximate surface area is 119 Å². The zero-order valence-electron chi connectivity index (χ0n) is 12.6. The zero-order valence-corrected chi connectivity index (χ0v) is 12.6. The van der Waals surface area contributed by atoms with Crippen molar-refractivity contribution in [2.45, 2.75) is 46.2 Å². The van der Waals surface area contributed by atoms with Gasteiger partial charge in [0.2, 0.25) is 5.91 Å². The van der Waals surface area contributed by atoms with Crippen LogP contribution in [-0.4, -0.2) is 28.4 Å². The number of nitrogens with two attached hydrogens (primary N) is 1. The van der Waals surface area contributed by atoms with Gasteiger partial charge in [-0.1, -0.05) is 0 Å². The summed E-state index contributed by atoms with van der Waals surface area (Å²) >= 11 is 0. The molecule has 0 aromatic carbocycles. The maximum Gasteiger partial charge on any atom is 0.253 e. The van der Waals surface area contributed by atoms with Gasteiger partial charge in [-0.05, 0) is 40.7 Å². The molecule has 1 unspecified atom stereocenters. The molecule has 0 aliphatic carbocycles. The molecule has 6 nitrogen and oxygen atoms in total. The van der Waals surface area contributed by atoms with Crippen LogP contribution in [0.15, 0.2) is 12.3 Å². The summed E-state index contributed by atoms with van der Waals surface area (Å²) in [7, 11) is 0. The fourth-order valence-corrected chi connectivity index (χ4v) is 1.60. The highest BCUT2D eigenvalue weighted by Crippen LogP contribution is 2.09. The molecule has 0 saturated carbocycles. The van der Waals surface area contributed by atoms with E-state index in [0.29, 0.717) is 16.9 Å². The van der Waals surface area contributed by atoms with Gasteiger partial charge in [-0.15, -0.1) is 0 Å². The Morgan fingerprint density at radius 3 is 2.50 bits per heavy atom. The van der Waals surface area contributed by atoms with Gasteiger partial charge >= 0.3 is 0 Å². The number of aromatic nitrogens is 1. The number of hydrogen-bond acceptors (Lipinski definition) is 4. The third-order valence-electron chi connectivity index (χ3n) is 2.59. The van der Waals surface area contributed by atoms with Gasteiger partial charge in [0.1, 0.15) is 6.04 Å². The number of nitrogens with one attached hydrogen (secondary N) is 2. The number of nitrogen functional groups attached to an aromatic ring is 1. The molecule has 0 aliphatic rings. The van der Waals surface area contributed by atoms with Crippen LogP contribution < -0.4 is 16.4 Å². The minimum Gasteiger partial charge on any atom is -0.397 e. The summed E-state index contributed by atoms with van der Waals surface area (Å²) in [4.78, 5) is 28.0. The van der Waals surface area contributed by atoms with E-state index in [1.807, 2.05) is 20.8 Å². The lowest BCUT2D eigenvalue weighted by Crippen LogP contribution is -2.50. The normalized spacial score (nSPS) is 12.7. The molecule has 1 atom stereocenters. The molecule has 1 aromatic heterocycles. The number of aryl methyl sites for hydroxylation is 1. The van der Waals surface area contributed by atoms with Crippen LogP contribution in [0.2, 0.25) is 0 Å². The van der Waals surface area contributed by atoms with E-state index < -0.39 is 6.04 Å². The molecule has 0 saturated heterocycles. The third kappa shape index (κ3) is 4.53. The summed E-state index contributed by atoms with van der Waals surface area (Å²) in [5, 5.41) is 5.45. The Balaban J connectivity index is 2.75. The summed E-state index contributed by atoms with van der Waals surface area (Å²) in [5.74, 6) is -0.598. The molecule has 0 radical (unpaired) electrons. The second-order valence-electron chi connectivity index (χ2n) is 5.84. The number of nitrogens with zero attached hydrogens (tertiary/aromatic N) is 1. The predicted molar refractivity (Wildman–Crippen MR) is 78.2 cm³/mol. The molecule has 2 amide bonds. The minimum absolute atomic E-state index is 0.236. The highest BCUT2D eigenvalue weighted by molar-refractivity contribution is 5.98. The van der Waals surface area contributed by atoms with E-state index in [1.165, 1.54) is 6.20 Å². The number of anilines is 1. The van der Waals surface area contributed by atoms with Crippen molar-refractivity contribution in [1.29, 1.82) is 0 Å². The molecule has 0 aliphatic heterocycles. The van der Waals surface area contributed by atoms with E-state index in [9.17, 15) is 9.59 Å². The van der Waals surface area contributed by atoms with E-state index in [4.69, 9.17) is 5.73 Å². The molecule has 4 N–H and O–H groups in total. The van der Waals surface area contributed by atoms with Crippen molar-refractivity contribution >= 4 is 17.5 Å². The Morgan fingerprint density at radius 1 is 1.35 bits per heavy atom. The summed E-state index contributed by atoms with van der Waals surface area (Å²) in [5.41, 5.74) is 6.63. The molecule has 1 aromatic rings. The van der Waals surface area contributed by atoms with E-state index in [0.717, 1.165) is 0 Å². The van der Waals surface area contributed by atoms with Gasteiger partial charge in [0, 0.05) is 5.54 Å². The topological polar surface area (TPSA) is 97.1 Å². The zero-order chi connectivity index (χ0) is 15.5. The van der Waals surface area contributed by atoms with Crippen LogP contribution in [-0.2, 0) is 4.79 Å². The first-order valence-electron chi connectivity index (χ1n) is 6.45. The van der Waals surface area contributed by atoms with Crippen molar-refractivity contribution in [2.75, 3.05) is 5.73 Å². The first-order chi connectivity index (χ1) is 9.10. The second kappa shape index (κ2) is 5.90. The van der Waals surface area contributed by atoms with E-state index in [2.05, 4.69) is 15.6 Å². The molecule has 0 bridgehead atoms. The van der Waals surface area contributed by atoms with Crippen molar-refractivity contribution in [1.82, 2.24) is 15.6 Å². The fourth-order valence-electron chi connectivity index (χ4n) is 1.60. The van der Waals surface area contributed by atoms with E-state index in [-0.39, 0.29) is 17.4 Å². The highest BCUT2D eigenvalue weighted by atomic mass is 16.2. The minimum atomic E-state index is -0.637. The Morgan fingerprint density at radius 2 is 1.95 bits per heavy atom. The van der Waals surface area contributed by atoms with Crippen LogP contribution in [0.4, 0.5) is 5.69 Å². The smallest absolute Gasteiger partial charge is 0.253 e. The monoisotopic (exact) mass is 278 g/mol. The summed E-state index contributed by atoms with van der Waals surface area (Å²) < 4.78 is 0. The second-order valence-corrected chi connectivity index (χ2v) is 5.84. The van der Waals surface area contributed by atoms with Crippen LogP contribution in [0, 0.1) is 6.92 Å². The number of carbonyl (C=O) groups excluding carboxylic acids is 2. The average molecular weight is 278 g/mol. The predicted octanol–water partition coefficient (Wildman–Crippen LogP) is 1.01. The van der Waals surface area contributed by atoms with Gasteiger partial charge < -0.3 is 16.4 Å². The molecule has 0 fully saturated rings. The van der Waals surface area contributed by atoms with Crippen molar-refractivity contribution in [3.63, 3.8) is 0 Å². The first-order valence-corrected chi connectivity index (χ1v) is 6.45. The Kier molecular flexibility index (Phi) is 4.70. The third-order valence-corrected chi connectivity index (χ3v) is 2.59. The number of hydrogen-bond donors (Lipinski definition) is 3. The lowest BCUT2D eigenvalue weighted by Gasteiger charge is -2.23. The number of amides is 2. The lowest BCUT2D eigenvalue weighted by atomic mass is 10.1. The fraction of sp³-hybridized carbons (Fsp3) is 0.500. The van der Waals surface area contributed by atoms with Crippen molar-refractivity contribution < 1.29 is 9.59 Å². The van der Waals surface area contributed by atoms with Gasteiger partial charge in [0.25, 0.3) is 5.91 Å². The van der Waals surface area contributed by atoms with Gasteiger partial charge in [0.15, 0.2) is 0 Å².